The van der Waals surface area contributed by atoms with Crippen LogP contribution in [-0.2, 0) is 14.9 Å². The van der Waals surface area contributed by atoms with E-state index in [1.807, 2.05) is 18.2 Å². The molecule has 0 saturated carbocycles. The van der Waals surface area contributed by atoms with Gasteiger partial charge in [0.2, 0.25) is 5.91 Å². The lowest BCUT2D eigenvalue weighted by atomic mass is 9.77. The molecule has 1 fully saturated rings. The summed E-state index contributed by atoms with van der Waals surface area (Å²) in [5.41, 5.74) is 2.85. The molecule has 2 amide bonds. The first-order valence-electron chi connectivity index (χ1n) is 13.7. The van der Waals surface area contributed by atoms with Gasteiger partial charge in [0.05, 0.1) is 12.3 Å². The molecule has 2 aromatic carbocycles. The number of fused-ring (bicyclic) bond motifs is 2. The molecule has 39 heavy (non-hydrogen) atoms. The maximum absolute atomic E-state index is 12.8. The molecule has 0 aliphatic carbocycles. The third kappa shape index (κ3) is 6.15. The molecule has 3 aromatic rings. The maximum atomic E-state index is 12.8. The quantitative estimate of drug-likeness (QED) is 0.369. The lowest BCUT2D eigenvalue weighted by Gasteiger charge is -2.38. The van der Waals surface area contributed by atoms with Crippen molar-refractivity contribution < 1.29 is 19.1 Å². The number of hydrogen-bond donors (Lipinski definition) is 1. The van der Waals surface area contributed by atoms with Crippen LogP contribution in [0, 0.1) is 0 Å². The first-order chi connectivity index (χ1) is 18.9. The van der Waals surface area contributed by atoms with E-state index in [2.05, 4.69) is 58.6 Å². The second-order valence-electron chi connectivity index (χ2n) is 10.9. The Morgan fingerprint density at radius 1 is 1.05 bits per heavy atom. The molecule has 1 saturated heterocycles. The number of piperazine rings is 1. The Morgan fingerprint density at radius 2 is 1.87 bits per heavy atom. The van der Waals surface area contributed by atoms with Gasteiger partial charge < -0.3 is 19.7 Å². The maximum Gasteiger partial charge on any atom is 0.408 e. The van der Waals surface area contributed by atoms with Crippen molar-refractivity contribution in [3.05, 3.63) is 53.4 Å². The van der Waals surface area contributed by atoms with Gasteiger partial charge in [-0.2, -0.15) is 0 Å². The van der Waals surface area contributed by atoms with Crippen molar-refractivity contribution in [3.8, 4) is 5.75 Å². The number of anilines is 2. The summed E-state index contributed by atoms with van der Waals surface area (Å²) in [6.07, 6.45) is 1.82. The fourth-order valence-electron chi connectivity index (χ4n) is 5.53. The van der Waals surface area contributed by atoms with Crippen LogP contribution in [0.5, 0.6) is 5.75 Å². The summed E-state index contributed by atoms with van der Waals surface area (Å²) in [6.45, 7) is 9.93. The van der Waals surface area contributed by atoms with Crippen molar-refractivity contribution >= 4 is 44.8 Å². The zero-order valence-corrected chi connectivity index (χ0v) is 23.9. The number of ether oxygens (including phenoxy) is 2. The van der Waals surface area contributed by atoms with Crippen molar-refractivity contribution in [1.29, 1.82) is 0 Å². The van der Waals surface area contributed by atoms with Crippen LogP contribution in [0.3, 0.4) is 0 Å². The van der Waals surface area contributed by atoms with Gasteiger partial charge in [-0.05, 0) is 54.6 Å². The predicted molar refractivity (Wildman–Crippen MR) is 157 cm³/mol. The molecule has 5 rings (SSSR count). The number of rotatable bonds is 9. The van der Waals surface area contributed by atoms with Crippen LogP contribution in [-0.4, -0.2) is 70.0 Å². The molecule has 3 heterocycles. The van der Waals surface area contributed by atoms with E-state index >= 15 is 0 Å². The van der Waals surface area contributed by atoms with E-state index in [1.165, 1.54) is 27.7 Å². The minimum atomic E-state index is -0.567. The number of amides is 2. The first kappa shape index (κ1) is 27.3. The van der Waals surface area contributed by atoms with E-state index in [-0.39, 0.29) is 18.1 Å². The molecule has 8 nitrogen and oxygen atoms in total. The molecular weight excluding hydrogens is 512 g/mol. The van der Waals surface area contributed by atoms with E-state index in [0.717, 1.165) is 62.6 Å². The summed E-state index contributed by atoms with van der Waals surface area (Å²) in [5.74, 6) is 0.654. The zero-order valence-electron chi connectivity index (χ0n) is 23.1. The Hall–Kier alpha value is -3.30. The van der Waals surface area contributed by atoms with Gasteiger partial charge in [-0.1, -0.05) is 26.0 Å². The lowest BCUT2D eigenvalue weighted by molar-refractivity contribution is -0.120. The summed E-state index contributed by atoms with van der Waals surface area (Å²) < 4.78 is 12.6. The van der Waals surface area contributed by atoms with Gasteiger partial charge in [-0.25, -0.2) is 4.79 Å². The van der Waals surface area contributed by atoms with Gasteiger partial charge in [0.15, 0.2) is 6.73 Å². The summed E-state index contributed by atoms with van der Waals surface area (Å²) >= 11 is 1.80. The van der Waals surface area contributed by atoms with E-state index in [4.69, 9.17) is 9.47 Å². The van der Waals surface area contributed by atoms with Crippen LogP contribution in [0.25, 0.3) is 10.1 Å². The number of nitrogens with one attached hydrogen (secondary N) is 1. The van der Waals surface area contributed by atoms with Gasteiger partial charge in [0.25, 0.3) is 0 Å². The molecule has 0 atom stereocenters. The van der Waals surface area contributed by atoms with Crippen LogP contribution in [0.1, 0.15) is 38.7 Å². The van der Waals surface area contributed by atoms with Gasteiger partial charge >= 0.3 is 6.09 Å². The standard InChI is InChI=1S/C30H38N4O4S/c1-30(2)20-28(35)34(21-38-29(36)31-3)26-19-22(9-10-24(26)30)37-17-5-4-12-32-13-15-33(16-14-32)25-7-6-8-27-23(25)11-18-39-27/h6-11,18-19H,4-5,12-17,20-21H2,1-3H3,(H,31,36). The third-order valence-electron chi connectivity index (χ3n) is 7.74. The highest BCUT2D eigenvalue weighted by Gasteiger charge is 2.37. The number of carbonyl (C=O) groups excluding carboxylic acids is 2. The second kappa shape index (κ2) is 11.8. The van der Waals surface area contributed by atoms with Gasteiger partial charge in [0, 0.05) is 66.9 Å². The molecular formula is C30H38N4O4S. The zero-order chi connectivity index (χ0) is 27.4. The van der Waals surface area contributed by atoms with Crippen LogP contribution >= 0.6 is 11.3 Å². The highest BCUT2D eigenvalue weighted by Crippen LogP contribution is 2.42. The molecule has 1 aromatic heterocycles. The topological polar surface area (TPSA) is 74.3 Å². The normalized spacial score (nSPS) is 17.3. The summed E-state index contributed by atoms with van der Waals surface area (Å²) in [6, 6.07) is 14.7. The van der Waals surface area contributed by atoms with Crippen molar-refractivity contribution in [2.24, 2.45) is 0 Å². The first-order valence-corrected chi connectivity index (χ1v) is 14.6. The number of hydrogen-bond acceptors (Lipinski definition) is 7. The summed E-state index contributed by atoms with van der Waals surface area (Å²) in [4.78, 5) is 31.0. The molecule has 9 heteroatoms. The average molecular weight is 551 g/mol. The van der Waals surface area contributed by atoms with Gasteiger partial charge in [-0.3, -0.25) is 14.6 Å². The fourth-order valence-corrected chi connectivity index (χ4v) is 6.34. The Balaban J connectivity index is 1.09. The Bertz CT molecular complexity index is 1320. The van der Waals surface area contributed by atoms with Crippen molar-refractivity contribution in [2.45, 2.75) is 38.5 Å². The Kier molecular flexibility index (Phi) is 8.28. The number of nitrogens with zero attached hydrogens (tertiary/aromatic N) is 3. The summed E-state index contributed by atoms with van der Waals surface area (Å²) in [7, 11) is 1.50. The largest absolute Gasteiger partial charge is 0.494 e. The third-order valence-corrected chi connectivity index (χ3v) is 8.62. The van der Waals surface area contributed by atoms with Gasteiger partial charge in [-0.15, -0.1) is 11.3 Å². The average Bonchev–Trinajstić information content (AvgIpc) is 3.42. The SMILES string of the molecule is CNC(=O)OCN1C(=O)CC(C)(C)c2ccc(OCCCCN3CCN(c4cccc5sccc45)CC3)cc21. The molecule has 208 valence electrons. The Morgan fingerprint density at radius 3 is 2.67 bits per heavy atom. The van der Waals surface area contributed by atoms with Gasteiger partial charge in [0.1, 0.15) is 5.75 Å². The number of unbranched alkanes of at least 4 members (excludes halogenated alkanes) is 1. The molecule has 0 spiro atoms. The Labute approximate surface area is 234 Å². The van der Waals surface area contributed by atoms with E-state index in [0.29, 0.717) is 13.0 Å². The van der Waals surface area contributed by atoms with Crippen LogP contribution < -0.4 is 19.9 Å². The molecule has 1 N–H and O–H groups in total. The monoisotopic (exact) mass is 550 g/mol. The van der Waals surface area contributed by atoms with Crippen molar-refractivity contribution in [2.75, 3.05) is 62.9 Å². The molecule has 2 aliphatic heterocycles. The molecule has 0 bridgehead atoms. The van der Waals surface area contributed by atoms with Crippen LogP contribution in [0.15, 0.2) is 47.8 Å². The smallest absolute Gasteiger partial charge is 0.408 e. The highest BCUT2D eigenvalue weighted by molar-refractivity contribution is 7.17. The number of benzene rings is 2. The number of carbonyl (C=O) groups is 2. The second-order valence-corrected chi connectivity index (χ2v) is 11.8. The van der Waals surface area contributed by atoms with E-state index in [9.17, 15) is 9.59 Å². The van der Waals surface area contributed by atoms with Crippen molar-refractivity contribution in [1.82, 2.24) is 10.2 Å². The van der Waals surface area contributed by atoms with Crippen molar-refractivity contribution in [3.63, 3.8) is 0 Å². The number of thiophene rings is 1. The molecule has 0 unspecified atom stereocenters. The van der Waals surface area contributed by atoms with E-state index < -0.39 is 6.09 Å². The molecule has 0 radical (unpaired) electrons. The fraction of sp³-hybridized carbons (Fsp3) is 0.467. The van der Waals surface area contributed by atoms with Crippen LogP contribution in [0.4, 0.5) is 16.2 Å². The van der Waals surface area contributed by atoms with E-state index in [1.54, 1.807) is 11.3 Å². The number of alkyl carbamates (subject to hydrolysis) is 1. The summed E-state index contributed by atoms with van der Waals surface area (Å²) in [5, 5.41) is 5.96. The highest BCUT2D eigenvalue weighted by atomic mass is 32.1. The predicted octanol–water partition coefficient (Wildman–Crippen LogP) is 5.21. The molecule has 2 aliphatic rings. The lowest BCUT2D eigenvalue weighted by Crippen LogP contribution is -2.46. The minimum Gasteiger partial charge on any atom is -0.494 e. The van der Waals surface area contributed by atoms with Crippen LogP contribution in [0.2, 0.25) is 0 Å². The minimum absolute atomic E-state index is 0.0688.